The predicted octanol–water partition coefficient (Wildman–Crippen LogP) is 1.91. The van der Waals surface area contributed by atoms with Gasteiger partial charge >= 0.3 is 5.97 Å². The van der Waals surface area contributed by atoms with Gasteiger partial charge in [-0.2, -0.15) is 0 Å². The lowest BCUT2D eigenvalue weighted by molar-refractivity contribution is -0.788. The van der Waals surface area contributed by atoms with Crippen molar-refractivity contribution >= 4 is 27.6 Å². The minimum Gasteiger partial charge on any atom is -0.478 e. The molecule has 12 heteroatoms. The lowest BCUT2D eigenvalue weighted by Gasteiger charge is -2.13. The normalized spacial score (nSPS) is 11.5. The molecular weight excluding hydrogens is 340 g/mol. The number of aromatic carboxylic acids is 1. The fraction of sp³-hybridized carbons (Fsp3) is 0.300. The van der Waals surface area contributed by atoms with Crippen LogP contribution in [-0.2, 0) is 9.68 Å². The number of nitrogens with zero attached hydrogens (tertiary/aromatic N) is 2. The van der Waals surface area contributed by atoms with E-state index in [0.717, 1.165) is 21.6 Å². The van der Waals surface area contributed by atoms with E-state index >= 15 is 0 Å². The van der Waals surface area contributed by atoms with Crippen molar-refractivity contribution in [3.05, 3.63) is 50.1 Å². The second kappa shape index (κ2) is 8.94. The van der Waals surface area contributed by atoms with Crippen LogP contribution in [-0.4, -0.2) is 39.7 Å². The molecule has 0 amide bonds. The second-order valence-corrected chi connectivity index (χ2v) is 6.02. The quantitative estimate of drug-likeness (QED) is 0.377. The molecule has 1 N–H and O–H groups in total. The van der Waals surface area contributed by atoms with Crippen LogP contribution in [0.3, 0.4) is 0 Å². The van der Waals surface area contributed by atoms with Gasteiger partial charge in [0.15, 0.2) is 0 Å². The first kappa shape index (κ1) is 17.8. The zero-order valence-corrected chi connectivity index (χ0v) is 12.4. The van der Waals surface area contributed by atoms with E-state index < -0.39 is 28.9 Å². The molecule has 0 fully saturated rings. The van der Waals surface area contributed by atoms with Crippen molar-refractivity contribution in [2.45, 2.75) is 11.0 Å². The standard InChI is InChI=1S/C10H10N2O8S2/c13-10(14)8-3-1-2-4-9(8)22-21-6-7(20-12(17)18)5-19-11(15)16/h1-4,7H,5-6H2,(H,13,14). The summed E-state index contributed by atoms with van der Waals surface area (Å²) in [4.78, 5) is 40.1. The summed E-state index contributed by atoms with van der Waals surface area (Å²) in [6, 6.07) is 6.22. The van der Waals surface area contributed by atoms with Gasteiger partial charge in [-0.25, -0.2) is 4.79 Å². The van der Waals surface area contributed by atoms with Gasteiger partial charge in [-0.1, -0.05) is 33.7 Å². The Morgan fingerprint density at radius 3 is 2.55 bits per heavy atom. The first-order valence-electron chi connectivity index (χ1n) is 5.60. The van der Waals surface area contributed by atoms with E-state index in [-0.39, 0.29) is 11.3 Å². The summed E-state index contributed by atoms with van der Waals surface area (Å²) in [6.07, 6.45) is -1.14. The minimum atomic E-state index is -1.14. The molecule has 1 atom stereocenters. The van der Waals surface area contributed by atoms with Crippen LogP contribution in [0.5, 0.6) is 0 Å². The van der Waals surface area contributed by atoms with Crippen molar-refractivity contribution in [3.8, 4) is 0 Å². The van der Waals surface area contributed by atoms with Gasteiger partial charge in [-0.15, -0.1) is 20.2 Å². The topological polar surface area (TPSA) is 142 Å². The van der Waals surface area contributed by atoms with Gasteiger partial charge in [-0.05, 0) is 12.1 Å². The molecular formula is C10H10N2O8S2. The average molecular weight is 350 g/mol. The number of hydrogen-bond acceptors (Lipinski definition) is 9. The maximum absolute atomic E-state index is 11.0. The Morgan fingerprint density at radius 1 is 1.27 bits per heavy atom. The molecule has 10 nitrogen and oxygen atoms in total. The SMILES string of the molecule is O=C(O)c1ccccc1SSCC(CO[N+](=O)[O-])O[N+](=O)[O-]. The van der Waals surface area contributed by atoms with E-state index in [1.807, 2.05) is 0 Å². The average Bonchev–Trinajstić information content (AvgIpc) is 2.44. The Hall–Kier alpha value is -2.21. The van der Waals surface area contributed by atoms with E-state index in [1.54, 1.807) is 18.2 Å². The minimum absolute atomic E-state index is 0.00651. The monoisotopic (exact) mass is 350 g/mol. The number of hydrogen-bond donors (Lipinski definition) is 1. The van der Waals surface area contributed by atoms with Gasteiger partial charge in [0.05, 0.1) is 5.56 Å². The third-order valence-electron chi connectivity index (χ3n) is 2.12. The highest BCUT2D eigenvalue weighted by molar-refractivity contribution is 8.76. The molecule has 0 saturated heterocycles. The van der Waals surface area contributed by atoms with Gasteiger partial charge in [0.1, 0.15) is 12.7 Å². The first-order valence-corrected chi connectivity index (χ1v) is 7.92. The lowest BCUT2D eigenvalue weighted by atomic mass is 10.2. The largest absolute Gasteiger partial charge is 0.478 e. The molecule has 0 saturated carbocycles. The molecule has 0 bridgehead atoms. The molecule has 1 aromatic carbocycles. The fourth-order valence-corrected chi connectivity index (χ4v) is 3.62. The Kier molecular flexibility index (Phi) is 7.25. The highest BCUT2D eigenvalue weighted by Gasteiger charge is 2.17. The van der Waals surface area contributed by atoms with E-state index in [1.165, 1.54) is 6.07 Å². The molecule has 0 aliphatic heterocycles. The number of rotatable bonds is 10. The highest BCUT2D eigenvalue weighted by Crippen LogP contribution is 2.34. The van der Waals surface area contributed by atoms with E-state index in [0.29, 0.717) is 4.90 Å². The van der Waals surface area contributed by atoms with Crippen LogP contribution in [0.15, 0.2) is 29.2 Å². The van der Waals surface area contributed by atoms with Crippen molar-refractivity contribution in [3.63, 3.8) is 0 Å². The summed E-state index contributed by atoms with van der Waals surface area (Å²) in [6.45, 7) is -0.595. The number of benzene rings is 1. The third kappa shape index (κ3) is 6.49. The zero-order chi connectivity index (χ0) is 16.5. The summed E-state index contributed by atoms with van der Waals surface area (Å²) in [5.41, 5.74) is 0.0910. The van der Waals surface area contributed by atoms with Gasteiger partial charge < -0.3 is 14.8 Å². The molecule has 1 unspecified atom stereocenters. The Labute approximate surface area is 131 Å². The van der Waals surface area contributed by atoms with Gasteiger partial charge in [0.2, 0.25) is 0 Å². The third-order valence-corrected chi connectivity index (χ3v) is 4.58. The molecule has 0 spiro atoms. The van der Waals surface area contributed by atoms with Crippen LogP contribution in [0.1, 0.15) is 10.4 Å². The second-order valence-electron chi connectivity index (χ2n) is 3.64. The van der Waals surface area contributed by atoms with Crippen molar-refractivity contribution in [1.82, 2.24) is 0 Å². The Morgan fingerprint density at radius 2 is 1.95 bits per heavy atom. The van der Waals surface area contributed by atoms with Crippen molar-refractivity contribution in [2.24, 2.45) is 0 Å². The van der Waals surface area contributed by atoms with Crippen LogP contribution >= 0.6 is 21.6 Å². The maximum atomic E-state index is 11.0. The van der Waals surface area contributed by atoms with Crippen LogP contribution in [0.4, 0.5) is 0 Å². The van der Waals surface area contributed by atoms with Crippen LogP contribution in [0.25, 0.3) is 0 Å². The molecule has 0 aliphatic carbocycles. The molecule has 0 aromatic heterocycles. The maximum Gasteiger partial charge on any atom is 0.336 e. The highest BCUT2D eigenvalue weighted by atomic mass is 33.1. The molecule has 22 heavy (non-hydrogen) atoms. The summed E-state index contributed by atoms with van der Waals surface area (Å²) in [5.74, 6) is -1.11. The lowest BCUT2D eigenvalue weighted by Crippen LogP contribution is -2.26. The van der Waals surface area contributed by atoms with Crippen molar-refractivity contribution in [2.75, 3.05) is 12.4 Å². The van der Waals surface area contributed by atoms with Gasteiger partial charge in [-0.3, -0.25) is 0 Å². The summed E-state index contributed by atoms with van der Waals surface area (Å²) in [7, 11) is 2.13. The molecule has 1 aromatic rings. The molecule has 1 rings (SSSR count). The Balaban J connectivity index is 2.56. The fourth-order valence-electron chi connectivity index (χ4n) is 1.26. The molecule has 0 aliphatic rings. The first-order chi connectivity index (χ1) is 10.4. The van der Waals surface area contributed by atoms with Crippen LogP contribution in [0, 0.1) is 20.2 Å². The number of carboxylic acids is 1. The van der Waals surface area contributed by atoms with Crippen molar-refractivity contribution in [1.29, 1.82) is 0 Å². The predicted molar refractivity (Wildman–Crippen MR) is 76.5 cm³/mol. The summed E-state index contributed by atoms with van der Waals surface area (Å²) >= 11 is 0. The zero-order valence-electron chi connectivity index (χ0n) is 10.8. The van der Waals surface area contributed by atoms with Crippen molar-refractivity contribution < 1.29 is 29.7 Å². The number of carbonyl (C=O) groups is 1. The van der Waals surface area contributed by atoms with Crippen LogP contribution in [0.2, 0.25) is 0 Å². The van der Waals surface area contributed by atoms with E-state index in [4.69, 9.17) is 5.11 Å². The Bertz CT molecular complexity index is 555. The number of carboxylic acid groups (broad SMARTS) is 1. The van der Waals surface area contributed by atoms with E-state index in [9.17, 15) is 25.0 Å². The van der Waals surface area contributed by atoms with Gasteiger partial charge in [0.25, 0.3) is 10.2 Å². The van der Waals surface area contributed by atoms with Crippen LogP contribution < -0.4 is 0 Å². The summed E-state index contributed by atoms with van der Waals surface area (Å²) in [5, 5.41) is 27.2. The molecule has 0 radical (unpaired) electrons. The molecule has 0 heterocycles. The molecule has 120 valence electrons. The van der Waals surface area contributed by atoms with Gasteiger partial charge in [0, 0.05) is 10.6 Å². The summed E-state index contributed by atoms with van der Waals surface area (Å²) < 4.78 is 0. The van der Waals surface area contributed by atoms with E-state index in [2.05, 4.69) is 9.68 Å². The smallest absolute Gasteiger partial charge is 0.336 e.